The van der Waals surface area contributed by atoms with Gasteiger partial charge in [-0.3, -0.25) is 15.1 Å². The minimum absolute atomic E-state index is 0.0410. The number of hydrogen-bond donors (Lipinski definition) is 1. The lowest BCUT2D eigenvalue weighted by atomic mass is 10.1. The van der Waals surface area contributed by atoms with E-state index in [0.29, 0.717) is 11.3 Å². The number of aliphatic imine (C=N–C) groups is 1. The molecule has 7 nitrogen and oxygen atoms in total. The van der Waals surface area contributed by atoms with Gasteiger partial charge in [-0.25, -0.2) is 4.79 Å². The van der Waals surface area contributed by atoms with Crippen LogP contribution in [0.2, 0.25) is 0 Å². The van der Waals surface area contributed by atoms with Crippen LogP contribution in [0.1, 0.15) is 38.4 Å². The number of aryl methyl sites for hydroxylation is 3. The summed E-state index contributed by atoms with van der Waals surface area (Å²) in [6.07, 6.45) is 1.69. The van der Waals surface area contributed by atoms with Crippen molar-refractivity contribution in [3.63, 3.8) is 0 Å². The predicted octanol–water partition coefficient (Wildman–Crippen LogP) is 5.07. The van der Waals surface area contributed by atoms with E-state index in [1.807, 2.05) is 31.4 Å². The Kier molecular flexibility index (Phi) is 5.32. The van der Waals surface area contributed by atoms with Crippen molar-refractivity contribution in [3.05, 3.63) is 86.2 Å². The quantitative estimate of drug-likeness (QED) is 0.373. The first-order chi connectivity index (χ1) is 13.7. The maximum absolute atomic E-state index is 11.2. The lowest BCUT2D eigenvalue weighted by Crippen LogP contribution is -2.04. The van der Waals surface area contributed by atoms with E-state index in [1.165, 1.54) is 6.07 Å². The SMILES string of the molecule is Cc1cc(C(=O)O)ccc1-n1c(C)cc(C=Nc2ccc(C)c([N+](=O)[O-])c2)c1C. The average molecular weight is 391 g/mol. The molecule has 1 aromatic heterocycles. The van der Waals surface area contributed by atoms with Gasteiger partial charge in [0.05, 0.1) is 16.2 Å². The summed E-state index contributed by atoms with van der Waals surface area (Å²) in [7, 11) is 0. The minimum Gasteiger partial charge on any atom is -0.478 e. The normalized spacial score (nSPS) is 11.2. The second kappa shape index (κ2) is 7.71. The van der Waals surface area contributed by atoms with Crippen molar-refractivity contribution in [3.8, 4) is 5.69 Å². The molecular weight excluding hydrogens is 370 g/mol. The first kappa shape index (κ1) is 20.0. The Morgan fingerprint density at radius 2 is 1.79 bits per heavy atom. The summed E-state index contributed by atoms with van der Waals surface area (Å²) in [5.41, 5.74) is 5.94. The highest BCUT2D eigenvalue weighted by Gasteiger charge is 2.14. The monoisotopic (exact) mass is 391 g/mol. The van der Waals surface area contributed by atoms with Gasteiger partial charge in [-0.15, -0.1) is 0 Å². The first-order valence-electron chi connectivity index (χ1n) is 9.01. The topological polar surface area (TPSA) is 97.7 Å². The Morgan fingerprint density at radius 1 is 1.07 bits per heavy atom. The van der Waals surface area contributed by atoms with Crippen LogP contribution in [0.4, 0.5) is 11.4 Å². The van der Waals surface area contributed by atoms with Crippen molar-refractivity contribution in [1.29, 1.82) is 0 Å². The highest BCUT2D eigenvalue weighted by Crippen LogP contribution is 2.26. The number of aromatic nitrogens is 1. The van der Waals surface area contributed by atoms with E-state index < -0.39 is 10.9 Å². The Hall–Kier alpha value is -3.74. The van der Waals surface area contributed by atoms with Gasteiger partial charge in [0.2, 0.25) is 0 Å². The number of rotatable bonds is 5. The predicted molar refractivity (Wildman–Crippen MR) is 112 cm³/mol. The molecule has 0 atom stereocenters. The number of carbonyl (C=O) groups is 1. The summed E-state index contributed by atoms with van der Waals surface area (Å²) < 4.78 is 2.04. The number of carboxylic acids is 1. The summed E-state index contributed by atoms with van der Waals surface area (Å²) in [6.45, 7) is 7.49. The fourth-order valence-electron chi connectivity index (χ4n) is 3.35. The molecule has 0 aliphatic rings. The molecular formula is C22H21N3O4. The Balaban J connectivity index is 1.99. The van der Waals surface area contributed by atoms with Crippen LogP contribution in [-0.4, -0.2) is 26.8 Å². The van der Waals surface area contributed by atoms with E-state index >= 15 is 0 Å². The van der Waals surface area contributed by atoms with Crippen LogP contribution in [0, 0.1) is 37.8 Å². The van der Waals surface area contributed by atoms with Crippen LogP contribution in [0.3, 0.4) is 0 Å². The highest BCUT2D eigenvalue weighted by atomic mass is 16.6. The Morgan fingerprint density at radius 3 is 2.41 bits per heavy atom. The summed E-state index contributed by atoms with van der Waals surface area (Å²) in [5, 5.41) is 20.3. The molecule has 0 aliphatic carbocycles. The zero-order valence-corrected chi connectivity index (χ0v) is 16.6. The summed E-state index contributed by atoms with van der Waals surface area (Å²) in [6, 6.07) is 11.9. The van der Waals surface area contributed by atoms with Gasteiger partial charge in [-0.2, -0.15) is 0 Å². The standard InChI is InChI=1S/C22H21N3O4/c1-13-5-7-19(11-21(13)25(28)29)23-12-18-10-15(3)24(16(18)4)20-8-6-17(22(26)27)9-14(20)2/h5-12H,1-4H3,(H,26,27). The molecule has 0 saturated heterocycles. The van der Waals surface area contributed by atoms with Crippen molar-refractivity contribution in [2.45, 2.75) is 27.7 Å². The van der Waals surface area contributed by atoms with E-state index in [2.05, 4.69) is 4.99 Å². The van der Waals surface area contributed by atoms with E-state index in [0.717, 1.165) is 28.2 Å². The van der Waals surface area contributed by atoms with Crippen LogP contribution >= 0.6 is 0 Å². The third-order valence-corrected chi connectivity index (χ3v) is 4.90. The van der Waals surface area contributed by atoms with Crippen molar-refractivity contribution in [2.75, 3.05) is 0 Å². The van der Waals surface area contributed by atoms with Gasteiger partial charge < -0.3 is 9.67 Å². The summed E-state index contributed by atoms with van der Waals surface area (Å²) in [4.78, 5) is 26.3. The van der Waals surface area contributed by atoms with E-state index in [9.17, 15) is 14.9 Å². The molecule has 0 amide bonds. The second-order valence-corrected chi connectivity index (χ2v) is 6.95. The number of nitrogens with zero attached hydrogens (tertiary/aromatic N) is 3. The number of aromatic carboxylic acids is 1. The fourth-order valence-corrected chi connectivity index (χ4v) is 3.35. The number of nitro groups is 1. The van der Waals surface area contributed by atoms with Crippen molar-refractivity contribution in [1.82, 2.24) is 4.57 Å². The zero-order valence-electron chi connectivity index (χ0n) is 16.6. The molecule has 2 aromatic carbocycles. The smallest absolute Gasteiger partial charge is 0.335 e. The van der Waals surface area contributed by atoms with Crippen molar-refractivity contribution < 1.29 is 14.8 Å². The van der Waals surface area contributed by atoms with Crippen LogP contribution in [0.15, 0.2) is 47.5 Å². The lowest BCUT2D eigenvalue weighted by Gasteiger charge is -2.13. The maximum Gasteiger partial charge on any atom is 0.335 e. The average Bonchev–Trinajstić information content (AvgIpc) is 2.94. The molecule has 1 heterocycles. The minimum atomic E-state index is -0.958. The fraction of sp³-hybridized carbons (Fsp3) is 0.182. The number of nitro benzene ring substituents is 1. The third kappa shape index (κ3) is 3.94. The summed E-state index contributed by atoms with van der Waals surface area (Å²) in [5.74, 6) is -0.958. The molecule has 0 radical (unpaired) electrons. The van der Waals surface area contributed by atoms with Crippen molar-refractivity contribution in [2.24, 2.45) is 4.99 Å². The lowest BCUT2D eigenvalue weighted by molar-refractivity contribution is -0.385. The molecule has 148 valence electrons. The molecule has 29 heavy (non-hydrogen) atoms. The molecule has 0 aliphatic heterocycles. The number of benzene rings is 2. The van der Waals surface area contributed by atoms with Gasteiger partial charge in [0.15, 0.2) is 0 Å². The largest absolute Gasteiger partial charge is 0.478 e. The number of hydrogen-bond acceptors (Lipinski definition) is 4. The summed E-state index contributed by atoms with van der Waals surface area (Å²) >= 11 is 0. The third-order valence-electron chi connectivity index (χ3n) is 4.90. The molecule has 0 bridgehead atoms. The van der Waals surface area contributed by atoms with Gasteiger partial charge in [-0.1, -0.05) is 6.07 Å². The number of carboxylic acid groups (broad SMARTS) is 1. The van der Waals surface area contributed by atoms with Crippen LogP contribution in [0.5, 0.6) is 0 Å². The second-order valence-electron chi connectivity index (χ2n) is 6.95. The van der Waals surface area contributed by atoms with E-state index in [1.54, 1.807) is 43.5 Å². The van der Waals surface area contributed by atoms with Crippen LogP contribution in [-0.2, 0) is 0 Å². The Bertz CT molecular complexity index is 1160. The maximum atomic E-state index is 11.2. The highest BCUT2D eigenvalue weighted by molar-refractivity contribution is 5.88. The van der Waals surface area contributed by atoms with E-state index in [4.69, 9.17) is 5.11 Å². The Labute approximate surface area is 168 Å². The molecule has 0 saturated carbocycles. The zero-order chi connectivity index (χ0) is 21.3. The molecule has 3 aromatic rings. The first-order valence-corrected chi connectivity index (χ1v) is 9.01. The van der Waals surface area contributed by atoms with E-state index in [-0.39, 0.29) is 11.3 Å². The van der Waals surface area contributed by atoms with Gasteiger partial charge in [0, 0.05) is 40.5 Å². The molecule has 0 fully saturated rings. The molecule has 1 N–H and O–H groups in total. The molecule has 0 spiro atoms. The van der Waals surface area contributed by atoms with Gasteiger partial charge in [0.1, 0.15) is 0 Å². The van der Waals surface area contributed by atoms with Crippen LogP contribution < -0.4 is 0 Å². The van der Waals surface area contributed by atoms with Crippen molar-refractivity contribution >= 4 is 23.6 Å². The molecule has 7 heteroatoms. The molecule has 0 unspecified atom stereocenters. The van der Waals surface area contributed by atoms with Gasteiger partial charge in [0.25, 0.3) is 5.69 Å². The molecule has 3 rings (SSSR count). The van der Waals surface area contributed by atoms with Gasteiger partial charge >= 0.3 is 5.97 Å². The van der Waals surface area contributed by atoms with Crippen LogP contribution in [0.25, 0.3) is 5.69 Å². The van der Waals surface area contributed by atoms with Gasteiger partial charge in [-0.05, 0) is 63.6 Å².